The van der Waals surface area contributed by atoms with Crippen molar-refractivity contribution in [3.63, 3.8) is 0 Å². The minimum absolute atomic E-state index is 0.117. The van der Waals surface area contributed by atoms with Gasteiger partial charge in [0.15, 0.2) is 0 Å². The molecule has 0 bridgehead atoms. The van der Waals surface area contributed by atoms with Crippen LogP contribution in [-0.4, -0.2) is 60.4 Å². The third kappa shape index (κ3) is 4.35. The summed E-state index contributed by atoms with van der Waals surface area (Å²) in [6.45, 7) is 3.49. The van der Waals surface area contributed by atoms with E-state index in [9.17, 15) is 4.79 Å². The first-order chi connectivity index (χ1) is 9.65. The Bertz CT molecular complexity index is 467. The highest BCUT2D eigenvalue weighted by Crippen LogP contribution is 2.14. The van der Waals surface area contributed by atoms with Crippen LogP contribution >= 0.6 is 11.6 Å². The molecule has 2 amide bonds. The van der Waals surface area contributed by atoms with Crippen molar-refractivity contribution in [1.29, 1.82) is 0 Å². The maximum atomic E-state index is 10.5. The molecule has 10 heteroatoms. The van der Waals surface area contributed by atoms with Gasteiger partial charge in [0.25, 0.3) is 0 Å². The number of nitrogens with one attached hydrogen (secondary N) is 2. The molecule has 2 heterocycles. The molecule has 1 aromatic heterocycles. The van der Waals surface area contributed by atoms with Gasteiger partial charge in [0.05, 0.1) is 13.2 Å². The van der Waals surface area contributed by atoms with Gasteiger partial charge in [0, 0.05) is 26.2 Å². The Hall–Kier alpha value is -1.87. The lowest BCUT2D eigenvalue weighted by molar-refractivity contribution is 0.122. The Labute approximate surface area is 120 Å². The molecule has 0 aliphatic carbocycles. The minimum atomic E-state index is -0.575. The molecule has 1 saturated heterocycles. The molecule has 110 valence electrons. The van der Waals surface area contributed by atoms with Crippen molar-refractivity contribution in [3.05, 3.63) is 5.28 Å². The molecular formula is C10H16ClN7O2. The van der Waals surface area contributed by atoms with Crippen molar-refractivity contribution < 1.29 is 9.53 Å². The van der Waals surface area contributed by atoms with E-state index in [1.165, 1.54) is 0 Å². The highest BCUT2D eigenvalue weighted by Gasteiger charge is 2.15. The van der Waals surface area contributed by atoms with E-state index < -0.39 is 6.03 Å². The smallest absolute Gasteiger partial charge is 0.312 e. The van der Waals surface area contributed by atoms with Crippen molar-refractivity contribution in [1.82, 2.24) is 20.3 Å². The fourth-order valence-corrected chi connectivity index (χ4v) is 1.84. The molecule has 0 spiro atoms. The van der Waals surface area contributed by atoms with Crippen LogP contribution in [0.25, 0.3) is 0 Å². The van der Waals surface area contributed by atoms with Gasteiger partial charge in [-0.15, -0.1) is 0 Å². The summed E-state index contributed by atoms with van der Waals surface area (Å²) in [4.78, 5) is 24.9. The molecule has 20 heavy (non-hydrogen) atoms. The van der Waals surface area contributed by atoms with Gasteiger partial charge in [0.2, 0.25) is 17.2 Å². The molecule has 0 saturated carbocycles. The molecule has 0 radical (unpaired) electrons. The Morgan fingerprint density at radius 3 is 2.75 bits per heavy atom. The highest BCUT2D eigenvalue weighted by molar-refractivity contribution is 6.28. The normalized spacial score (nSPS) is 14.9. The first kappa shape index (κ1) is 14.5. The van der Waals surface area contributed by atoms with E-state index in [4.69, 9.17) is 22.1 Å². The fourth-order valence-electron chi connectivity index (χ4n) is 1.68. The monoisotopic (exact) mass is 301 g/mol. The molecule has 4 N–H and O–H groups in total. The summed E-state index contributed by atoms with van der Waals surface area (Å²) in [5.41, 5.74) is 4.96. The van der Waals surface area contributed by atoms with Crippen LogP contribution in [-0.2, 0) is 4.74 Å². The number of carbonyl (C=O) groups is 1. The van der Waals surface area contributed by atoms with Crippen LogP contribution in [0, 0.1) is 0 Å². The number of urea groups is 1. The summed E-state index contributed by atoms with van der Waals surface area (Å²) in [6.07, 6.45) is 0. The highest BCUT2D eigenvalue weighted by atomic mass is 35.5. The topological polar surface area (TPSA) is 118 Å². The summed E-state index contributed by atoms with van der Waals surface area (Å²) in [7, 11) is 0. The lowest BCUT2D eigenvalue weighted by atomic mass is 10.4. The number of halogens is 1. The summed E-state index contributed by atoms with van der Waals surface area (Å²) in [6, 6.07) is -0.575. The number of carbonyl (C=O) groups excluding carboxylic acids is 1. The molecule has 1 aliphatic rings. The fraction of sp³-hybridized carbons (Fsp3) is 0.600. The number of anilines is 2. The number of nitrogens with zero attached hydrogens (tertiary/aromatic N) is 4. The second kappa shape index (κ2) is 7.06. The Kier molecular flexibility index (Phi) is 5.13. The zero-order valence-corrected chi connectivity index (χ0v) is 11.6. The second-order valence-corrected chi connectivity index (χ2v) is 4.38. The average molecular weight is 302 g/mol. The average Bonchev–Trinajstić information content (AvgIpc) is 2.44. The predicted octanol–water partition coefficient (Wildman–Crippen LogP) is -0.558. The van der Waals surface area contributed by atoms with E-state index in [2.05, 4.69) is 25.6 Å². The van der Waals surface area contributed by atoms with E-state index in [0.717, 1.165) is 0 Å². The quantitative estimate of drug-likeness (QED) is 0.624. The van der Waals surface area contributed by atoms with Gasteiger partial charge >= 0.3 is 6.03 Å². The molecule has 1 fully saturated rings. The number of nitrogens with two attached hydrogens (primary N) is 1. The summed E-state index contributed by atoms with van der Waals surface area (Å²) >= 11 is 5.88. The van der Waals surface area contributed by atoms with Crippen molar-refractivity contribution in [3.8, 4) is 0 Å². The molecule has 1 aromatic rings. The summed E-state index contributed by atoms with van der Waals surface area (Å²) < 4.78 is 5.27. The van der Waals surface area contributed by atoms with Crippen molar-refractivity contribution in [2.24, 2.45) is 5.73 Å². The number of hydrogen-bond donors (Lipinski definition) is 3. The van der Waals surface area contributed by atoms with E-state index in [-0.39, 0.29) is 5.28 Å². The zero-order valence-electron chi connectivity index (χ0n) is 10.8. The van der Waals surface area contributed by atoms with Crippen LogP contribution in [0.3, 0.4) is 0 Å². The minimum Gasteiger partial charge on any atom is -0.378 e. The number of ether oxygens (including phenoxy) is 1. The molecule has 0 atom stereocenters. The van der Waals surface area contributed by atoms with E-state index >= 15 is 0 Å². The number of hydrogen-bond acceptors (Lipinski definition) is 7. The van der Waals surface area contributed by atoms with Gasteiger partial charge in [0.1, 0.15) is 0 Å². The Morgan fingerprint density at radius 1 is 1.30 bits per heavy atom. The third-order valence-electron chi connectivity index (χ3n) is 2.60. The van der Waals surface area contributed by atoms with Gasteiger partial charge in [-0.05, 0) is 11.6 Å². The van der Waals surface area contributed by atoms with Crippen molar-refractivity contribution in [2.45, 2.75) is 0 Å². The standard InChI is InChI=1S/C10H16ClN7O2/c11-7-15-9(14-2-1-13-8(12)19)17-10(16-7)18-3-5-20-6-4-18/h1-6H2,(H3,12,13,19)(H,14,15,16,17). The molecule has 9 nitrogen and oxygen atoms in total. The second-order valence-electron chi connectivity index (χ2n) is 4.05. The van der Waals surface area contributed by atoms with Crippen LogP contribution < -0.4 is 21.3 Å². The molecule has 2 rings (SSSR count). The summed E-state index contributed by atoms with van der Waals surface area (Å²) in [5.74, 6) is 0.872. The predicted molar refractivity (Wildman–Crippen MR) is 73.9 cm³/mol. The zero-order chi connectivity index (χ0) is 14.4. The first-order valence-electron chi connectivity index (χ1n) is 6.16. The number of aromatic nitrogens is 3. The van der Waals surface area contributed by atoms with Gasteiger partial charge < -0.3 is 26.0 Å². The maximum absolute atomic E-state index is 10.5. The van der Waals surface area contributed by atoms with Crippen LogP contribution in [0.1, 0.15) is 0 Å². The molecule has 0 aromatic carbocycles. The van der Waals surface area contributed by atoms with Gasteiger partial charge in [-0.3, -0.25) is 0 Å². The van der Waals surface area contributed by atoms with Gasteiger partial charge in [-0.1, -0.05) is 0 Å². The summed E-state index contributed by atoms with van der Waals surface area (Å²) in [5, 5.41) is 5.52. The molecule has 1 aliphatic heterocycles. The lowest BCUT2D eigenvalue weighted by Crippen LogP contribution is -2.37. The van der Waals surface area contributed by atoms with Crippen molar-refractivity contribution >= 4 is 29.5 Å². The van der Waals surface area contributed by atoms with Crippen LogP contribution in [0.15, 0.2) is 0 Å². The van der Waals surface area contributed by atoms with Crippen LogP contribution in [0.2, 0.25) is 5.28 Å². The van der Waals surface area contributed by atoms with E-state index in [0.29, 0.717) is 51.3 Å². The van der Waals surface area contributed by atoms with Gasteiger partial charge in [-0.25, -0.2) is 4.79 Å². The largest absolute Gasteiger partial charge is 0.378 e. The van der Waals surface area contributed by atoms with Crippen LogP contribution in [0.5, 0.6) is 0 Å². The number of amides is 2. The van der Waals surface area contributed by atoms with E-state index in [1.54, 1.807) is 0 Å². The van der Waals surface area contributed by atoms with Crippen LogP contribution in [0.4, 0.5) is 16.7 Å². The first-order valence-corrected chi connectivity index (χ1v) is 6.54. The SMILES string of the molecule is NC(=O)NCCNc1nc(Cl)nc(N2CCOCC2)n1. The number of primary amides is 1. The number of rotatable bonds is 5. The van der Waals surface area contributed by atoms with Gasteiger partial charge in [-0.2, -0.15) is 15.0 Å². The Balaban J connectivity index is 1.95. The maximum Gasteiger partial charge on any atom is 0.312 e. The molecule has 0 unspecified atom stereocenters. The molecular weight excluding hydrogens is 286 g/mol. The van der Waals surface area contributed by atoms with E-state index in [1.807, 2.05) is 4.90 Å². The number of morpholine rings is 1. The third-order valence-corrected chi connectivity index (χ3v) is 2.77. The Morgan fingerprint density at radius 2 is 2.05 bits per heavy atom. The van der Waals surface area contributed by atoms with Crippen molar-refractivity contribution in [2.75, 3.05) is 49.6 Å². The lowest BCUT2D eigenvalue weighted by Gasteiger charge is -2.26.